The van der Waals surface area contributed by atoms with Gasteiger partial charge < -0.3 is 4.90 Å². The second-order valence-electron chi connectivity index (χ2n) is 6.89. The molecule has 1 fully saturated rings. The molecule has 1 saturated heterocycles. The highest BCUT2D eigenvalue weighted by Gasteiger charge is 2.17. The van der Waals surface area contributed by atoms with Gasteiger partial charge in [-0.15, -0.1) is 0 Å². The Morgan fingerprint density at radius 3 is 1.80 bits per heavy atom. The van der Waals surface area contributed by atoms with E-state index >= 15 is 0 Å². The lowest BCUT2D eigenvalue weighted by atomic mass is 9.87. The van der Waals surface area contributed by atoms with Crippen molar-refractivity contribution in [2.75, 3.05) is 19.6 Å². The average molecular weight is 341 g/mol. The summed E-state index contributed by atoms with van der Waals surface area (Å²) in [5.41, 5.74) is 3.52. The molecule has 2 aromatic rings. The lowest BCUT2D eigenvalue weighted by molar-refractivity contribution is 0.250. The minimum Gasteiger partial charge on any atom is -0.303 e. The standard InChI is InChI=1S/C22H25F2N/c1-17-12-15-25(16-13-17)14-2-3-22(18-4-8-20(23)9-5-18)19-6-10-21(24)11-7-19/h4-11,22H,1-3,12-16H2. The molecule has 3 heteroatoms. The third-order valence-electron chi connectivity index (χ3n) is 5.08. The molecular formula is C22H25F2N. The summed E-state index contributed by atoms with van der Waals surface area (Å²) in [6.45, 7) is 7.31. The van der Waals surface area contributed by atoms with E-state index < -0.39 is 0 Å². The molecule has 1 aliphatic rings. The van der Waals surface area contributed by atoms with Crippen molar-refractivity contribution in [1.29, 1.82) is 0 Å². The zero-order valence-electron chi connectivity index (χ0n) is 14.6. The maximum atomic E-state index is 13.3. The monoisotopic (exact) mass is 341 g/mol. The Balaban J connectivity index is 1.67. The van der Waals surface area contributed by atoms with Gasteiger partial charge in [0.1, 0.15) is 11.6 Å². The lowest BCUT2D eigenvalue weighted by Gasteiger charge is -2.28. The summed E-state index contributed by atoms with van der Waals surface area (Å²) in [6, 6.07) is 13.4. The van der Waals surface area contributed by atoms with E-state index in [9.17, 15) is 8.78 Å². The van der Waals surface area contributed by atoms with Crippen LogP contribution in [-0.2, 0) is 0 Å². The first-order valence-electron chi connectivity index (χ1n) is 9.02. The summed E-state index contributed by atoms with van der Waals surface area (Å²) < 4.78 is 26.5. The molecule has 2 aromatic carbocycles. The smallest absolute Gasteiger partial charge is 0.123 e. The molecule has 0 amide bonds. The largest absolute Gasteiger partial charge is 0.303 e. The molecular weight excluding hydrogens is 316 g/mol. The number of likely N-dealkylation sites (tertiary alicyclic amines) is 1. The van der Waals surface area contributed by atoms with Gasteiger partial charge in [0.15, 0.2) is 0 Å². The SMILES string of the molecule is C=C1CCN(CCCC(c2ccc(F)cc2)c2ccc(F)cc2)CC1. The van der Waals surface area contributed by atoms with Gasteiger partial charge >= 0.3 is 0 Å². The first-order valence-corrected chi connectivity index (χ1v) is 9.02. The fraction of sp³-hybridized carbons (Fsp3) is 0.364. The number of halogens is 2. The van der Waals surface area contributed by atoms with Gasteiger partial charge in [-0.3, -0.25) is 0 Å². The van der Waals surface area contributed by atoms with Crippen molar-refractivity contribution >= 4 is 0 Å². The van der Waals surface area contributed by atoms with Crippen molar-refractivity contribution in [1.82, 2.24) is 4.90 Å². The van der Waals surface area contributed by atoms with Crippen LogP contribution in [0.5, 0.6) is 0 Å². The summed E-state index contributed by atoms with van der Waals surface area (Å²) in [6.07, 6.45) is 4.22. The highest BCUT2D eigenvalue weighted by molar-refractivity contribution is 5.32. The molecule has 0 saturated carbocycles. The highest BCUT2D eigenvalue weighted by atomic mass is 19.1. The van der Waals surface area contributed by atoms with Crippen LogP contribution < -0.4 is 0 Å². The molecule has 1 nitrogen and oxygen atoms in total. The van der Waals surface area contributed by atoms with Crippen molar-refractivity contribution in [3.63, 3.8) is 0 Å². The van der Waals surface area contributed by atoms with Crippen LogP contribution in [-0.4, -0.2) is 24.5 Å². The Bertz CT molecular complexity index is 635. The topological polar surface area (TPSA) is 3.24 Å². The third-order valence-corrected chi connectivity index (χ3v) is 5.08. The molecule has 0 radical (unpaired) electrons. The van der Waals surface area contributed by atoms with Gasteiger partial charge in [-0.25, -0.2) is 8.78 Å². The van der Waals surface area contributed by atoms with Gasteiger partial charge in [0.25, 0.3) is 0 Å². The fourth-order valence-electron chi connectivity index (χ4n) is 3.53. The van der Waals surface area contributed by atoms with Crippen LogP contribution in [0.15, 0.2) is 60.7 Å². The van der Waals surface area contributed by atoms with E-state index in [0.717, 1.165) is 56.4 Å². The zero-order chi connectivity index (χ0) is 17.6. The van der Waals surface area contributed by atoms with Gasteiger partial charge in [0, 0.05) is 19.0 Å². The van der Waals surface area contributed by atoms with E-state index in [2.05, 4.69) is 11.5 Å². The minimum absolute atomic E-state index is 0.168. The summed E-state index contributed by atoms with van der Waals surface area (Å²) in [4.78, 5) is 2.49. The first-order chi connectivity index (χ1) is 12.1. The molecule has 132 valence electrons. The number of nitrogens with zero attached hydrogens (tertiary/aromatic N) is 1. The first kappa shape index (κ1) is 17.8. The average Bonchev–Trinajstić information content (AvgIpc) is 2.62. The molecule has 1 heterocycles. The van der Waals surface area contributed by atoms with Crippen LogP contribution >= 0.6 is 0 Å². The van der Waals surface area contributed by atoms with Crippen molar-refractivity contribution in [2.24, 2.45) is 0 Å². The van der Waals surface area contributed by atoms with Crippen molar-refractivity contribution in [3.05, 3.63) is 83.4 Å². The van der Waals surface area contributed by atoms with E-state index in [1.165, 1.54) is 29.8 Å². The van der Waals surface area contributed by atoms with E-state index in [1.54, 1.807) is 0 Å². The predicted molar refractivity (Wildman–Crippen MR) is 98.7 cm³/mol. The molecule has 0 aliphatic carbocycles. The van der Waals surface area contributed by atoms with Crippen LogP contribution in [0.1, 0.15) is 42.7 Å². The Hall–Kier alpha value is -2.00. The molecule has 25 heavy (non-hydrogen) atoms. The number of hydrogen-bond donors (Lipinski definition) is 0. The van der Waals surface area contributed by atoms with Gasteiger partial charge in [-0.05, 0) is 67.6 Å². The molecule has 0 atom stereocenters. The van der Waals surface area contributed by atoms with Gasteiger partial charge in [0.2, 0.25) is 0 Å². The Kier molecular flexibility index (Phi) is 5.98. The third kappa shape index (κ3) is 4.99. The summed E-state index contributed by atoms with van der Waals surface area (Å²) in [5.74, 6) is -0.286. The normalized spacial score (nSPS) is 15.7. The maximum Gasteiger partial charge on any atom is 0.123 e. The number of piperidine rings is 1. The Morgan fingerprint density at radius 1 is 0.840 bits per heavy atom. The molecule has 0 aromatic heterocycles. The minimum atomic E-state index is -0.227. The van der Waals surface area contributed by atoms with E-state index in [0.29, 0.717) is 0 Å². The van der Waals surface area contributed by atoms with Gasteiger partial charge in [-0.2, -0.15) is 0 Å². The fourth-order valence-corrected chi connectivity index (χ4v) is 3.53. The van der Waals surface area contributed by atoms with Crippen molar-refractivity contribution < 1.29 is 8.78 Å². The molecule has 0 spiro atoms. The number of hydrogen-bond acceptors (Lipinski definition) is 1. The molecule has 1 aliphatic heterocycles. The van der Waals surface area contributed by atoms with Crippen LogP contribution in [0.2, 0.25) is 0 Å². The zero-order valence-corrected chi connectivity index (χ0v) is 14.6. The van der Waals surface area contributed by atoms with E-state index in [-0.39, 0.29) is 17.6 Å². The maximum absolute atomic E-state index is 13.3. The predicted octanol–water partition coefficient (Wildman–Crippen LogP) is 5.53. The molecule has 0 bridgehead atoms. The number of rotatable bonds is 6. The summed E-state index contributed by atoms with van der Waals surface area (Å²) in [7, 11) is 0. The van der Waals surface area contributed by atoms with E-state index in [4.69, 9.17) is 0 Å². The lowest BCUT2D eigenvalue weighted by Crippen LogP contribution is -2.31. The second-order valence-corrected chi connectivity index (χ2v) is 6.89. The van der Waals surface area contributed by atoms with Crippen molar-refractivity contribution in [3.8, 4) is 0 Å². The summed E-state index contributed by atoms with van der Waals surface area (Å²) >= 11 is 0. The van der Waals surface area contributed by atoms with Crippen LogP contribution in [0.4, 0.5) is 8.78 Å². The van der Waals surface area contributed by atoms with Gasteiger partial charge in [-0.1, -0.05) is 36.4 Å². The highest BCUT2D eigenvalue weighted by Crippen LogP contribution is 2.30. The Morgan fingerprint density at radius 2 is 1.32 bits per heavy atom. The van der Waals surface area contributed by atoms with Crippen molar-refractivity contribution in [2.45, 2.75) is 31.6 Å². The van der Waals surface area contributed by atoms with Gasteiger partial charge in [0.05, 0.1) is 0 Å². The summed E-state index contributed by atoms with van der Waals surface area (Å²) in [5, 5.41) is 0. The molecule has 0 N–H and O–H groups in total. The Labute approximate surface area is 149 Å². The second kappa shape index (κ2) is 8.39. The quantitative estimate of drug-likeness (QED) is 0.625. The number of benzene rings is 2. The van der Waals surface area contributed by atoms with Crippen LogP contribution in [0.3, 0.4) is 0 Å². The molecule has 3 rings (SSSR count). The molecule has 0 unspecified atom stereocenters. The van der Waals surface area contributed by atoms with Crippen LogP contribution in [0.25, 0.3) is 0 Å². The van der Waals surface area contributed by atoms with Crippen LogP contribution in [0, 0.1) is 11.6 Å². The van der Waals surface area contributed by atoms with E-state index in [1.807, 2.05) is 24.3 Å².